The molecule has 5 rings (SSSR count). The van der Waals surface area contributed by atoms with Crippen LogP contribution in [-0.4, -0.2) is 20.6 Å². The first-order valence-electron chi connectivity index (χ1n) is 8.69. The molecule has 0 spiro atoms. The van der Waals surface area contributed by atoms with Gasteiger partial charge in [-0.1, -0.05) is 28.9 Å². The van der Waals surface area contributed by atoms with Crippen molar-refractivity contribution in [2.75, 3.05) is 0 Å². The van der Waals surface area contributed by atoms with Gasteiger partial charge < -0.3 is 21.8 Å². The molecule has 150 valence electrons. The molecule has 0 aliphatic carbocycles. The molecule has 4 heterocycles. The molecule has 0 saturated carbocycles. The summed E-state index contributed by atoms with van der Waals surface area (Å²) in [5, 5.41) is 11.8. The first kappa shape index (κ1) is 21.9. The van der Waals surface area contributed by atoms with Gasteiger partial charge >= 0.3 is 5.97 Å². The number of aromatic nitrogens is 2. The Bertz CT molecular complexity index is 1220. The molecular formula is C21H18BrN2O4W-. The number of nitrogens with zero attached hydrogens (tertiary/aromatic N) is 2. The molecule has 0 radical (unpaired) electrons. The second kappa shape index (κ2) is 7.46. The summed E-state index contributed by atoms with van der Waals surface area (Å²) in [6, 6.07) is 9.53. The number of hydrogen-bond acceptors (Lipinski definition) is 5. The smallest absolute Gasteiger partial charge is 0.343 e. The zero-order valence-electron chi connectivity index (χ0n) is 15.9. The average molecular weight is 626 g/mol. The summed E-state index contributed by atoms with van der Waals surface area (Å²) in [7, 11) is 0. The molecule has 1 N–H and O–H groups in total. The fraction of sp³-hybridized carbons (Fsp3) is 0.238. The van der Waals surface area contributed by atoms with Crippen LogP contribution in [0.2, 0.25) is 0 Å². The molecule has 0 unspecified atom stereocenters. The minimum absolute atomic E-state index is 0. The van der Waals surface area contributed by atoms with Crippen LogP contribution >= 0.6 is 15.9 Å². The maximum atomic E-state index is 13.1. The second-order valence-corrected chi connectivity index (χ2v) is 7.76. The Balaban J connectivity index is 0.00000120. The van der Waals surface area contributed by atoms with Gasteiger partial charge in [-0.3, -0.25) is 4.79 Å². The Morgan fingerprint density at radius 2 is 2.07 bits per heavy atom. The van der Waals surface area contributed by atoms with Crippen molar-refractivity contribution in [1.82, 2.24) is 9.55 Å². The van der Waals surface area contributed by atoms with E-state index in [4.69, 9.17) is 9.72 Å². The normalized spacial score (nSPS) is 18.8. The van der Waals surface area contributed by atoms with E-state index >= 15 is 0 Å². The van der Waals surface area contributed by atoms with E-state index in [2.05, 4.69) is 15.9 Å². The van der Waals surface area contributed by atoms with Gasteiger partial charge in [-0.25, -0.2) is 9.78 Å². The Labute approximate surface area is 190 Å². The molecule has 1 aromatic carbocycles. The molecule has 29 heavy (non-hydrogen) atoms. The largest absolute Gasteiger partial charge is 0.458 e. The number of pyridine rings is 2. The van der Waals surface area contributed by atoms with Crippen molar-refractivity contribution in [3.63, 3.8) is 0 Å². The van der Waals surface area contributed by atoms with Gasteiger partial charge in [0.05, 0.1) is 29.0 Å². The third-order valence-corrected chi connectivity index (χ3v) is 6.19. The Kier molecular flexibility index (Phi) is 5.62. The average Bonchev–Trinajstić information content (AvgIpc) is 3.02. The number of ether oxygens (including phenoxy) is 1. The predicted molar refractivity (Wildman–Crippen MR) is 109 cm³/mol. The predicted octanol–water partition coefficient (Wildman–Crippen LogP) is 3.29. The van der Waals surface area contributed by atoms with Crippen LogP contribution in [-0.2, 0) is 49.3 Å². The topological polar surface area (TPSA) is 81.4 Å². The van der Waals surface area contributed by atoms with Gasteiger partial charge in [0.25, 0.3) is 5.56 Å². The molecule has 8 heteroatoms. The Hall–Kier alpha value is -1.82. The second-order valence-electron chi connectivity index (χ2n) is 6.91. The number of fused-ring (bicyclic) bond motifs is 5. The summed E-state index contributed by atoms with van der Waals surface area (Å²) in [5.41, 5.74) is 1.69. The molecular weight excluding hydrogens is 608 g/mol. The summed E-state index contributed by atoms with van der Waals surface area (Å²) in [6.07, 6.45) is 0.132. The SMILES string of the molecule is CC[C@@]1(O)C(=O)OCc2c1cc1n(c2=O)Cc2cc3c(Br)cccc3nc2-1.[CH3-].[W]. The maximum Gasteiger partial charge on any atom is 0.343 e. The van der Waals surface area contributed by atoms with E-state index in [0.717, 1.165) is 20.9 Å². The number of aliphatic hydroxyl groups is 1. The summed E-state index contributed by atoms with van der Waals surface area (Å²) in [6.45, 7) is 1.98. The van der Waals surface area contributed by atoms with Crippen LogP contribution in [0.15, 0.2) is 39.6 Å². The third-order valence-electron chi connectivity index (χ3n) is 5.50. The van der Waals surface area contributed by atoms with Gasteiger partial charge in [0.15, 0.2) is 5.60 Å². The summed E-state index contributed by atoms with van der Waals surface area (Å²) >= 11 is 3.54. The number of esters is 1. The molecule has 0 fully saturated rings. The van der Waals surface area contributed by atoms with Gasteiger partial charge in [-0.2, -0.15) is 0 Å². The minimum Gasteiger partial charge on any atom is -0.458 e. The van der Waals surface area contributed by atoms with E-state index in [9.17, 15) is 14.7 Å². The van der Waals surface area contributed by atoms with Crippen LogP contribution in [0.5, 0.6) is 0 Å². The van der Waals surface area contributed by atoms with E-state index in [-0.39, 0.29) is 47.1 Å². The van der Waals surface area contributed by atoms with Gasteiger partial charge in [0.2, 0.25) is 0 Å². The number of carbonyl (C=O) groups is 1. The van der Waals surface area contributed by atoms with Crippen molar-refractivity contribution in [1.29, 1.82) is 0 Å². The van der Waals surface area contributed by atoms with Crippen molar-refractivity contribution >= 4 is 32.8 Å². The number of benzene rings is 1. The van der Waals surface area contributed by atoms with E-state index in [1.165, 1.54) is 0 Å². The molecule has 2 aromatic heterocycles. The van der Waals surface area contributed by atoms with Crippen molar-refractivity contribution in [3.05, 3.63) is 69.3 Å². The van der Waals surface area contributed by atoms with Gasteiger partial charge in [-0.05, 0) is 30.7 Å². The van der Waals surface area contributed by atoms with Crippen LogP contribution in [0.4, 0.5) is 0 Å². The van der Waals surface area contributed by atoms with Gasteiger partial charge in [-0.15, -0.1) is 0 Å². The standard InChI is InChI=1S/C20H15BrN2O4.CH3.W/c1-2-20(26)13-7-16-17-10(6-11-14(21)4-3-5-15(11)22-17)8-23(16)18(24)12(13)9-27-19(20)25;;/h3-7,26H,2,8-9H2,1H3;1H3;/q;-1;/t20-;;/m0../s1. The van der Waals surface area contributed by atoms with Crippen molar-refractivity contribution < 1.29 is 35.7 Å². The number of halogens is 1. The van der Waals surface area contributed by atoms with Crippen LogP contribution in [0.3, 0.4) is 0 Å². The molecule has 2 aliphatic heterocycles. The monoisotopic (exact) mass is 625 g/mol. The zero-order valence-corrected chi connectivity index (χ0v) is 20.4. The van der Waals surface area contributed by atoms with Gasteiger partial charge in [0, 0.05) is 42.1 Å². The Morgan fingerprint density at radius 1 is 1.31 bits per heavy atom. The van der Waals surface area contributed by atoms with Crippen molar-refractivity contribution in [3.8, 4) is 11.4 Å². The molecule has 2 aliphatic rings. The number of cyclic esters (lactones) is 1. The van der Waals surface area contributed by atoms with Crippen LogP contribution in [0.25, 0.3) is 22.3 Å². The Morgan fingerprint density at radius 3 is 2.79 bits per heavy atom. The number of carbonyl (C=O) groups excluding carboxylic acids is 1. The molecule has 3 aromatic rings. The third kappa shape index (κ3) is 2.94. The van der Waals surface area contributed by atoms with Crippen LogP contribution in [0.1, 0.15) is 30.0 Å². The first-order valence-corrected chi connectivity index (χ1v) is 9.48. The quantitative estimate of drug-likeness (QED) is 0.259. The molecule has 0 amide bonds. The zero-order chi connectivity index (χ0) is 18.9. The number of rotatable bonds is 1. The van der Waals surface area contributed by atoms with E-state index in [1.54, 1.807) is 17.6 Å². The van der Waals surface area contributed by atoms with Crippen LogP contribution in [0, 0.1) is 7.43 Å². The molecule has 0 saturated heterocycles. The van der Waals surface area contributed by atoms with Crippen LogP contribution < -0.4 is 5.56 Å². The summed E-state index contributed by atoms with van der Waals surface area (Å²) < 4.78 is 7.66. The van der Waals surface area contributed by atoms with E-state index < -0.39 is 11.6 Å². The minimum atomic E-state index is -1.80. The summed E-state index contributed by atoms with van der Waals surface area (Å²) in [4.78, 5) is 30.0. The van der Waals surface area contributed by atoms with E-state index in [1.807, 2.05) is 24.3 Å². The molecule has 0 bridgehead atoms. The van der Waals surface area contributed by atoms with Gasteiger partial charge in [0.1, 0.15) is 6.61 Å². The fourth-order valence-corrected chi connectivity index (χ4v) is 4.44. The maximum absolute atomic E-state index is 13.1. The fourth-order valence-electron chi connectivity index (χ4n) is 3.97. The number of hydrogen-bond donors (Lipinski definition) is 1. The molecule has 1 atom stereocenters. The summed E-state index contributed by atoms with van der Waals surface area (Å²) in [5.74, 6) is -0.713. The van der Waals surface area contributed by atoms with Crippen molar-refractivity contribution in [2.24, 2.45) is 0 Å². The first-order chi connectivity index (χ1) is 12.9. The van der Waals surface area contributed by atoms with Crippen molar-refractivity contribution in [2.45, 2.75) is 32.1 Å². The molecule has 6 nitrogen and oxygen atoms in total. The van der Waals surface area contributed by atoms with E-state index in [0.29, 0.717) is 29.1 Å².